The Bertz CT molecular complexity index is 556. The zero-order valence-corrected chi connectivity index (χ0v) is 13.7. The van der Waals surface area contributed by atoms with Gasteiger partial charge in [-0.15, -0.1) is 0 Å². The molecule has 2 heterocycles. The first-order valence-electron chi connectivity index (χ1n) is 7.39. The number of methoxy groups -OCH3 is 1. The molecule has 0 saturated carbocycles. The highest BCUT2D eigenvalue weighted by molar-refractivity contribution is 7.91. The van der Waals surface area contributed by atoms with Crippen LogP contribution >= 0.6 is 0 Å². The first kappa shape index (κ1) is 16.5. The van der Waals surface area contributed by atoms with Gasteiger partial charge < -0.3 is 10.1 Å². The van der Waals surface area contributed by atoms with Gasteiger partial charge in [0.2, 0.25) is 0 Å². The van der Waals surface area contributed by atoms with Crippen molar-refractivity contribution in [1.82, 2.24) is 15.1 Å². The van der Waals surface area contributed by atoms with E-state index in [2.05, 4.69) is 10.4 Å². The molecule has 0 aromatic carbocycles. The van der Waals surface area contributed by atoms with Gasteiger partial charge in [0, 0.05) is 19.9 Å². The zero-order chi connectivity index (χ0) is 15.3. The lowest BCUT2D eigenvalue weighted by Gasteiger charge is -2.22. The van der Waals surface area contributed by atoms with E-state index in [1.807, 2.05) is 24.0 Å². The average molecular weight is 315 g/mol. The number of hydrogen-bond donors (Lipinski definition) is 1. The summed E-state index contributed by atoms with van der Waals surface area (Å²) in [6.07, 6.45) is 6.48. The zero-order valence-electron chi connectivity index (χ0n) is 12.8. The van der Waals surface area contributed by atoms with E-state index >= 15 is 0 Å². The Morgan fingerprint density at radius 2 is 2.29 bits per heavy atom. The summed E-state index contributed by atoms with van der Waals surface area (Å²) in [5, 5.41) is 7.68. The fourth-order valence-corrected chi connectivity index (χ4v) is 4.79. The Labute approximate surface area is 126 Å². The van der Waals surface area contributed by atoms with Crippen LogP contribution in [0.4, 0.5) is 0 Å². The summed E-state index contributed by atoms with van der Waals surface area (Å²) >= 11 is 0. The molecule has 0 radical (unpaired) electrons. The number of aryl methyl sites for hydroxylation is 1. The number of hydrogen-bond acceptors (Lipinski definition) is 5. The molecular formula is C14H25N3O3S. The molecule has 0 amide bonds. The average Bonchev–Trinajstić information content (AvgIpc) is 3.00. The Balaban J connectivity index is 1.82. The van der Waals surface area contributed by atoms with Crippen molar-refractivity contribution >= 4 is 9.84 Å². The highest BCUT2D eigenvalue weighted by atomic mass is 32.2. The van der Waals surface area contributed by atoms with Crippen LogP contribution in [0.25, 0.3) is 0 Å². The van der Waals surface area contributed by atoms with Crippen LogP contribution in [-0.4, -0.2) is 56.5 Å². The van der Waals surface area contributed by atoms with Crippen LogP contribution in [-0.2, 0) is 26.5 Å². The van der Waals surface area contributed by atoms with Gasteiger partial charge in [-0.05, 0) is 38.3 Å². The number of ether oxygens (including phenoxy) is 1. The highest BCUT2D eigenvalue weighted by Gasteiger charge is 2.40. The van der Waals surface area contributed by atoms with Gasteiger partial charge in [0.25, 0.3) is 0 Å². The van der Waals surface area contributed by atoms with Crippen molar-refractivity contribution in [3.8, 4) is 0 Å². The maximum absolute atomic E-state index is 11.7. The summed E-state index contributed by atoms with van der Waals surface area (Å²) in [7, 11) is -1.21. The number of aromatic nitrogens is 2. The Morgan fingerprint density at radius 3 is 2.95 bits per heavy atom. The quantitative estimate of drug-likeness (QED) is 0.711. The topological polar surface area (TPSA) is 73.2 Å². The lowest BCUT2D eigenvalue weighted by molar-refractivity contribution is 0.199. The Morgan fingerprint density at radius 1 is 1.48 bits per heavy atom. The van der Waals surface area contributed by atoms with Crippen molar-refractivity contribution in [1.29, 1.82) is 0 Å². The molecule has 1 aromatic rings. The van der Waals surface area contributed by atoms with E-state index in [-0.39, 0.29) is 17.0 Å². The fourth-order valence-electron chi connectivity index (χ4n) is 2.68. The molecule has 2 rings (SSSR count). The molecule has 1 aromatic heterocycles. The van der Waals surface area contributed by atoms with Gasteiger partial charge in [0.15, 0.2) is 9.84 Å². The molecule has 6 nitrogen and oxygen atoms in total. The smallest absolute Gasteiger partial charge is 0.152 e. The number of sulfone groups is 1. The van der Waals surface area contributed by atoms with E-state index in [1.165, 1.54) is 0 Å². The minimum atomic E-state index is -2.91. The van der Waals surface area contributed by atoms with Crippen LogP contribution in [0.1, 0.15) is 25.3 Å². The van der Waals surface area contributed by atoms with Gasteiger partial charge in [-0.1, -0.05) is 0 Å². The van der Waals surface area contributed by atoms with E-state index in [1.54, 1.807) is 7.11 Å². The third-order valence-corrected chi connectivity index (χ3v) is 5.86. The summed E-state index contributed by atoms with van der Waals surface area (Å²) in [6.45, 7) is 4.51. The van der Waals surface area contributed by atoms with E-state index in [9.17, 15) is 8.42 Å². The lowest BCUT2D eigenvalue weighted by atomic mass is 10.0. The molecule has 0 spiro atoms. The molecule has 0 bridgehead atoms. The largest absolute Gasteiger partial charge is 0.383 e. The Kier molecular flexibility index (Phi) is 5.40. The monoisotopic (exact) mass is 315 g/mol. The van der Waals surface area contributed by atoms with E-state index in [0.717, 1.165) is 38.1 Å². The van der Waals surface area contributed by atoms with Crippen molar-refractivity contribution in [2.24, 2.45) is 0 Å². The highest BCUT2D eigenvalue weighted by Crippen LogP contribution is 2.30. The van der Waals surface area contributed by atoms with Gasteiger partial charge in [0.1, 0.15) is 0 Å². The molecule has 120 valence electrons. The first-order chi connectivity index (χ1) is 9.95. The van der Waals surface area contributed by atoms with Gasteiger partial charge in [-0.2, -0.15) is 5.10 Å². The molecule has 1 saturated heterocycles. The van der Waals surface area contributed by atoms with Gasteiger partial charge in [0.05, 0.1) is 29.8 Å². The van der Waals surface area contributed by atoms with Crippen molar-refractivity contribution in [2.45, 2.75) is 31.7 Å². The maximum Gasteiger partial charge on any atom is 0.152 e. The van der Waals surface area contributed by atoms with Crippen LogP contribution in [0.3, 0.4) is 0 Å². The van der Waals surface area contributed by atoms with E-state index < -0.39 is 9.84 Å². The van der Waals surface area contributed by atoms with Crippen molar-refractivity contribution in [2.75, 3.05) is 38.3 Å². The SMILES string of the molecule is COCCNCCCc1cnn(C2(C)CCS(=O)(=O)C2)c1. The summed E-state index contributed by atoms with van der Waals surface area (Å²) in [5.41, 5.74) is 0.780. The molecule has 0 aliphatic carbocycles. The molecule has 1 atom stereocenters. The lowest BCUT2D eigenvalue weighted by Crippen LogP contribution is -2.31. The van der Waals surface area contributed by atoms with Gasteiger partial charge >= 0.3 is 0 Å². The second-order valence-electron chi connectivity index (χ2n) is 5.98. The number of rotatable bonds is 8. The third-order valence-electron chi connectivity index (χ3n) is 3.97. The molecular weight excluding hydrogens is 290 g/mol. The van der Waals surface area contributed by atoms with Crippen LogP contribution < -0.4 is 5.32 Å². The molecule has 1 aliphatic heterocycles. The summed E-state index contributed by atoms with van der Waals surface area (Å²) in [6, 6.07) is 0. The maximum atomic E-state index is 11.7. The van der Waals surface area contributed by atoms with Crippen LogP contribution in [0.2, 0.25) is 0 Å². The van der Waals surface area contributed by atoms with Crippen molar-refractivity contribution < 1.29 is 13.2 Å². The van der Waals surface area contributed by atoms with E-state index in [4.69, 9.17) is 4.74 Å². The van der Waals surface area contributed by atoms with Crippen LogP contribution in [0.5, 0.6) is 0 Å². The van der Waals surface area contributed by atoms with Gasteiger partial charge in [-0.3, -0.25) is 4.68 Å². The second-order valence-corrected chi connectivity index (χ2v) is 8.16. The normalized spacial score (nSPS) is 24.5. The molecule has 1 N–H and O–H groups in total. The predicted octanol–water partition coefficient (Wildman–Crippen LogP) is 0.585. The first-order valence-corrected chi connectivity index (χ1v) is 9.21. The molecule has 1 aliphatic rings. The molecule has 1 unspecified atom stereocenters. The number of nitrogens with one attached hydrogen (secondary N) is 1. The summed E-state index contributed by atoms with van der Waals surface area (Å²) in [5.74, 6) is 0.460. The van der Waals surface area contributed by atoms with Crippen LogP contribution in [0.15, 0.2) is 12.4 Å². The number of nitrogens with zero attached hydrogens (tertiary/aromatic N) is 2. The minimum absolute atomic E-state index is 0.194. The third kappa shape index (κ3) is 4.52. The fraction of sp³-hybridized carbons (Fsp3) is 0.786. The molecule has 7 heteroatoms. The van der Waals surface area contributed by atoms with E-state index in [0.29, 0.717) is 6.42 Å². The summed E-state index contributed by atoms with van der Waals surface area (Å²) in [4.78, 5) is 0. The summed E-state index contributed by atoms with van der Waals surface area (Å²) < 4.78 is 30.1. The Hall–Kier alpha value is -0.920. The standard InChI is InChI=1S/C14H25N3O3S/c1-14(5-9-21(18,19)12-14)17-11-13(10-16-17)4-3-6-15-7-8-20-2/h10-11,15H,3-9,12H2,1-2H3. The molecule has 1 fully saturated rings. The van der Waals surface area contributed by atoms with Crippen LogP contribution in [0, 0.1) is 0 Å². The second kappa shape index (κ2) is 6.89. The minimum Gasteiger partial charge on any atom is -0.383 e. The van der Waals surface area contributed by atoms with Gasteiger partial charge in [-0.25, -0.2) is 8.42 Å². The van der Waals surface area contributed by atoms with Crippen molar-refractivity contribution in [3.05, 3.63) is 18.0 Å². The molecule has 21 heavy (non-hydrogen) atoms. The van der Waals surface area contributed by atoms with Crippen molar-refractivity contribution in [3.63, 3.8) is 0 Å². The predicted molar refractivity (Wildman–Crippen MR) is 82.2 cm³/mol.